The highest BCUT2D eigenvalue weighted by atomic mass is 35.5. The molecule has 1 N–H and O–H groups in total. The number of nitrogens with one attached hydrogen (secondary N) is 1. The molecule has 1 aromatic rings. The Morgan fingerprint density at radius 1 is 1.53 bits per heavy atom. The molecule has 0 radical (unpaired) electrons. The maximum absolute atomic E-state index is 10.8. The maximum Gasteiger partial charge on any atom is 0.329 e. The minimum absolute atomic E-state index is 0.00412. The minimum atomic E-state index is -0.517. The number of hydrogen-bond donors (Lipinski definition) is 1. The van der Waals surface area contributed by atoms with Crippen molar-refractivity contribution in [2.24, 2.45) is 0 Å². The number of anilines is 1. The highest BCUT2D eigenvalue weighted by molar-refractivity contribution is 6.28. The number of hydrogen-bond acceptors (Lipinski definition) is 5. The van der Waals surface area contributed by atoms with Gasteiger partial charge in [-0.2, -0.15) is 4.98 Å². The van der Waals surface area contributed by atoms with E-state index in [1.54, 1.807) is 0 Å². The average molecular weight is 255 g/mol. The van der Waals surface area contributed by atoms with Crippen molar-refractivity contribution in [1.29, 1.82) is 0 Å². The van der Waals surface area contributed by atoms with Crippen LogP contribution in [-0.2, 0) is 0 Å². The van der Waals surface area contributed by atoms with Gasteiger partial charge in [0.2, 0.25) is 11.1 Å². The van der Waals surface area contributed by atoms with Gasteiger partial charge in [-0.05, 0) is 30.9 Å². The van der Waals surface area contributed by atoms with Gasteiger partial charge < -0.3 is 5.32 Å². The van der Waals surface area contributed by atoms with Crippen LogP contribution in [0.25, 0.3) is 0 Å². The van der Waals surface area contributed by atoms with Gasteiger partial charge in [0, 0.05) is 6.04 Å². The minimum Gasteiger partial charge on any atom is -0.361 e. The predicted molar refractivity (Wildman–Crippen MR) is 64.1 cm³/mol. The molecule has 6 nitrogen and oxygen atoms in total. The van der Waals surface area contributed by atoms with Gasteiger partial charge in [-0.15, -0.1) is 0 Å². The molecule has 0 fully saturated rings. The van der Waals surface area contributed by atoms with Gasteiger partial charge >= 0.3 is 5.69 Å². The van der Waals surface area contributed by atoms with E-state index in [-0.39, 0.29) is 22.8 Å². The van der Waals surface area contributed by atoms with E-state index in [0.717, 1.165) is 25.5 Å². The van der Waals surface area contributed by atoms with Crippen molar-refractivity contribution in [3.63, 3.8) is 0 Å². The molecule has 2 rings (SSSR count). The van der Waals surface area contributed by atoms with Crippen molar-refractivity contribution in [1.82, 2.24) is 9.97 Å². The van der Waals surface area contributed by atoms with Gasteiger partial charge in [-0.3, -0.25) is 10.1 Å². The molecule has 0 spiro atoms. The molecule has 0 saturated carbocycles. The van der Waals surface area contributed by atoms with Crippen molar-refractivity contribution in [3.8, 4) is 0 Å². The second-order valence-corrected chi connectivity index (χ2v) is 4.09. The Hall–Kier alpha value is -1.69. The number of nitro groups is 1. The molecule has 1 aromatic heterocycles. The quantitative estimate of drug-likeness (QED) is 0.388. The summed E-state index contributed by atoms with van der Waals surface area (Å²) in [6.45, 7) is 0. The first-order valence-electron chi connectivity index (χ1n) is 5.25. The molecule has 1 atom stereocenters. The third-order valence-corrected chi connectivity index (χ3v) is 2.73. The Morgan fingerprint density at radius 3 is 3.00 bits per heavy atom. The Kier molecular flexibility index (Phi) is 3.53. The number of halogens is 1. The van der Waals surface area contributed by atoms with E-state index in [9.17, 15) is 10.1 Å². The second kappa shape index (κ2) is 5.09. The van der Waals surface area contributed by atoms with Crippen LogP contribution in [0, 0.1) is 10.1 Å². The summed E-state index contributed by atoms with van der Waals surface area (Å²) in [7, 11) is 0. The molecule has 0 amide bonds. The van der Waals surface area contributed by atoms with E-state index in [1.165, 1.54) is 0 Å². The molecule has 1 aliphatic carbocycles. The monoisotopic (exact) mass is 254 g/mol. The summed E-state index contributed by atoms with van der Waals surface area (Å²) in [4.78, 5) is 17.8. The molecule has 0 aromatic carbocycles. The van der Waals surface area contributed by atoms with E-state index >= 15 is 0 Å². The van der Waals surface area contributed by atoms with Crippen LogP contribution < -0.4 is 5.32 Å². The normalized spacial score (nSPS) is 19.0. The van der Waals surface area contributed by atoms with E-state index in [1.807, 2.05) is 0 Å². The molecule has 1 unspecified atom stereocenters. The fourth-order valence-electron chi connectivity index (χ4n) is 1.71. The molecule has 1 aliphatic rings. The lowest BCUT2D eigenvalue weighted by molar-refractivity contribution is -0.384. The molecule has 90 valence electrons. The van der Waals surface area contributed by atoms with Crippen molar-refractivity contribution in [2.45, 2.75) is 25.3 Å². The van der Waals surface area contributed by atoms with Crippen LogP contribution in [0.1, 0.15) is 19.3 Å². The second-order valence-electron chi connectivity index (χ2n) is 3.76. The van der Waals surface area contributed by atoms with Crippen LogP contribution in [0.5, 0.6) is 0 Å². The molecule has 17 heavy (non-hydrogen) atoms. The van der Waals surface area contributed by atoms with Crippen molar-refractivity contribution in [3.05, 3.63) is 33.7 Å². The fraction of sp³-hybridized carbons (Fsp3) is 0.400. The van der Waals surface area contributed by atoms with Crippen LogP contribution in [0.4, 0.5) is 11.5 Å². The molecule has 1 heterocycles. The lowest BCUT2D eigenvalue weighted by Gasteiger charge is -2.19. The summed E-state index contributed by atoms with van der Waals surface area (Å²) in [5, 5.41) is 13.9. The predicted octanol–water partition coefficient (Wildman–Crippen LogP) is 2.56. The summed E-state index contributed by atoms with van der Waals surface area (Å²) in [5.41, 5.74) is -0.149. The molecule has 7 heteroatoms. The van der Waals surface area contributed by atoms with Crippen LogP contribution in [0.2, 0.25) is 5.28 Å². The summed E-state index contributed by atoms with van der Waals surface area (Å²) >= 11 is 5.64. The van der Waals surface area contributed by atoms with Gasteiger partial charge in [-0.25, -0.2) is 4.98 Å². The lowest BCUT2D eigenvalue weighted by Crippen LogP contribution is -2.21. The largest absolute Gasteiger partial charge is 0.361 e. The molecular formula is C10H11ClN4O2. The van der Waals surface area contributed by atoms with E-state index < -0.39 is 4.92 Å². The molecule has 0 saturated heterocycles. The van der Waals surface area contributed by atoms with Gasteiger partial charge in [0.15, 0.2) is 0 Å². The fourth-order valence-corrected chi connectivity index (χ4v) is 1.85. The number of aromatic nitrogens is 2. The topological polar surface area (TPSA) is 81.0 Å². The Morgan fingerprint density at radius 2 is 2.35 bits per heavy atom. The summed E-state index contributed by atoms with van der Waals surface area (Å²) in [6, 6.07) is 0.157. The third kappa shape index (κ3) is 2.91. The van der Waals surface area contributed by atoms with Crippen LogP contribution >= 0.6 is 11.6 Å². The van der Waals surface area contributed by atoms with Crippen molar-refractivity contribution in [2.75, 3.05) is 5.32 Å². The zero-order valence-corrected chi connectivity index (χ0v) is 9.72. The smallest absolute Gasteiger partial charge is 0.329 e. The molecular weight excluding hydrogens is 244 g/mol. The first kappa shape index (κ1) is 11.8. The maximum atomic E-state index is 10.8. The lowest BCUT2D eigenvalue weighted by atomic mass is 10.0. The van der Waals surface area contributed by atoms with Crippen molar-refractivity contribution < 1.29 is 4.92 Å². The van der Waals surface area contributed by atoms with Crippen LogP contribution in [0.3, 0.4) is 0 Å². The zero-order chi connectivity index (χ0) is 12.3. The van der Waals surface area contributed by atoms with Gasteiger partial charge in [0.1, 0.15) is 6.20 Å². The molecule has 0 aliphatic heterocycles. The van der Waals surface area contributed by atoms with E-state index in [4.69, 9.17) is 11.6 Å². The van der Waals surface area contributed by atoms with Gasteiger partial charge in [-0.1, -0.05) is 12.2 Å². The zero-order valence-electron chi connectivity index (χ0n) is 8.97. The summed E-state index contributed by atoms with van der Waals surface area (Å²) in [6.07, 6.45) is 7.99. The van der Waals surface area contributed by atoms with E-state index in [0.29, 0.717) is 0 Å². The van der Waals surface area contributed by atoms with Crippen LogP contribution in [-0.4, -0.2) is 20.9 Å². The highest BCUT2D eigenvalue weighted by Gasteiger charge is 2.20. The SMILES string of the molecule is O=[N+]([O-])c1cnc(Cl)nc1NC1CC=CCC1. The number of allylic oxidation sites excluding steroid dienone is 1. The summed E-state index contributed by atoms with van der Waals surface area (Å²) in [5.74, 6) is 0.190. The first-order valence-corrected chi connectivity index (χ1v) is 5.63. The summed E-state index contributed by atoms with van der Waals surface area (Å²) < 4.78 is 0. The highest BCUT2D eigenvalue weighted by Crippen LogP contribution is 2.25. The van der Waals surface area contributed by atoms with Gasteiger partial charge in [0.25, 0.3) is 0 Å². The Bertz CT molecular complexity index is 464. The number of nitrogens with zero attached hydrogens (tertiary/aromatic N) is 3. The van der Waals surface area contributed by atoms with Crippen molar-refractivity contribution >= 4 is 23.1 Å². The number of rotatable bonds is 3. The van der Waals surface area contributed by atoms with E-state index in [2.05, 4.69) is 27.4 Å². The Balaban J connectivity index is 2.21. The average Bonchev–Trinajstić information content (AvgIpc) is 2.30. The molecule has 0 bridgehead atoms. The standard InChI is InChI=1S/C10H11ClN4O2/c11-10-12-6-8(15(16)17)9(14-10)13-7-4-2-1-3-5-7/h1-2,6-7H,3-5H2,(H,12,13,14). The third-order valence-electron chi connectivity index (χ3n) is 2.55. The van der Waals surface area contributed by atoms with Gasteiger partial charge in [0.05, 0.1) is 4.92 Å². The Labute approximate surface area is 103 Å². The first-order chi connectivity index (χ1) is 8.16. The van der Waals surface area contributed by atoms with Crippen LogP contribution in [0.15, 0.2) is 18.3 Å².